The number of likely N-dealkylation sites (N-methyl/N-ethyl adjacent to an activating group) is 1. The predicted molar refractivity (Wildman–Crippen MR) is 70.6 cm³/mol. The lowest BCUT2D eigenvalue weighted by atomic mass is 10.1. The molecule has 1 rings (SSSR count). The van der Waals surface area contributed by atoms with Crippen molar-refractivity contribution >= 4 is 17.4 Å². The van der Waals surface area contributed by atoms with E-state index in [4.69, 9.17) is 4.74 Å². The molecule has 0 fully saturated rings. The second-order valence-electron chi connectivity index (χ2n) is 3.83. The zero-order valence-electron chi connectivity index (χ0n) is 11.1. The van der Waals surface area contributed by atoms with Gasteiger partial charge in [-0.05, 0) is 26.0 Å². The number of methoxy groups -OCH3 is 1. The molecule has 0 heterocycles. The number of anilines is 1. The summed E-state index contributed by atoms with van der Waals surface area (Å²) in [7, 11) is 3.09. The molecule has 0 atom stereocenters. The molecule has 96 valence electrons. The van der Waals surface area contributed by atoms with Crippen molar-refractivity contribution in [1.29, 1.82) is 0 Å². The molecule has 0 aliphatic rings. The largest absolute Gasteiger partial charge is 0.464 e. The number of allylic oxidation sites excluding steroid dienone is 1. The van der Waals surface area contributed by atoms with Crippen LogP contribution < -0.4 is 4.90 Å². The van der Waals surface area contributed by atoms with Crippen LogP contribution in [0.1, 0.15) is 24.2 Å². The number of hydrogen-bond acceptors (Lipinski definition) is 4. The van der Waals surface area contributed by atoms with E-state index in [0.717, 1.165) is 5.69 Å². The van der Waals surface area contributed by atoms with Gasteiger partial charge < -0.3 is 9.64 Å². The lowest BCUT2D eigenvalue weighted by molar-refractivity contribution is -0.136. The smallest absolute Gasteiger partial charge is 0.354 e. The van der Waals surface area contributed by atoms with Gasteiger partial charge in [0.1, 0.15) is 5.70 Å². The topological polar surface area (TPSA) is 46.6 Å². The molecule has 0 aliphatic carbocycles. The normalized spacial score (nSPS) is 11.0. The molecule has 0 aliphatic heterocycles. The minimum absolute atomic E-state index is 0.00894. The Kier molecular flexibility index (Phi) is 4.66. The van der Waals surface area contributed by atoms with Crippen molar-refractivity contribution in [2.24, 2.45) is 0 Å². The summed E-state index contributed by atoms with van der Waals surface area (Å²) >= 11 is 0. The first kappa shape index (κ1) is 14.0. The molecule has 0 amide bonds. The van der Waals surface area contributed by atoms with E-state index in [0.29, 0.717) is 11.3 Å². The van der Waals surface area contributed by atoms with Crippen LogP contribution in [0, 0.1) is 0 Å². The van der Waals surface area contributed by atoms with E-state index in [1.165, 1.54) is 14.0 Å². The maximum Gasteiger partial charge on any atom is 0.354 e. The summed E-state index contributed by atoms with van der Waals surface area (Å²) in [4.78, 5) is 24.6. The number of rotatable bonds is 4. The summed E-state index contributed by atoms with van der Waals surface area (Å²) in [6.07, 6.45) is 1.67. The quantitative estimate of drug-likeness (QED) is 0.465. The second-order valence-corrected chi connectivity index (χ2v) is 3.83. The third-order valence-corrected chi connectivity index (χ3v) is 2.67. The Morgan fingerprint density at radius 1 is 1.33 bits per heavy atom. The number of carbonyl (C=O) groups is 2. The Hall–Kier alpha value is -2.10. The molecule has 1 aromatic rings. The Labute approximate surface area is 107 Å². The Bertz CT molecular complexity index is 492. The summed E-state index contributed by atoms with van der Waals surface area (Å²) in [5.41, 5.74) is 1.80. The van der Waals surface area contributed by atoms with Gasteiger partial charge in [0.05, 0.1) is 7.11 Å². The highest BCUT2D eigenvalue weighted by Crippen LogP contribution is 2.19. The van der Waals surface area contributed by atoms with Crippen LogP contribution in [0.5, 0.6) is 0 Å². The predicted octanol–water partition coefficient (Wildman–Crippen LogP) is 2.40. The highest BCUT2D eigenvalue weighted by atomic mass is 16.5. The van der Waals surface area contributed by atoms with Gasteiger partial charge in [-0.3, -0.25) is 4.79 Å². The molecule has 0 radical (unpaired) electrons. The van der Waals surface area contributed by atoms with Crippen LogP contribution >= 0.6 is 0 Å². The van der Waals surface area contributed by atoms with E-state index in [1.807, 2.05) is 6.07 Å². The summed E-state index contributed by atoms with van der Waals surface area (Å²) in [5.74, 6) is -0.418. The molecular weight excluding hydrogens is 230 g/mol. The van der Waals surface area contributed by atoms with Crippen LogP contribution in [0.25, 0.3) is 0 Å². The Balaban J connectivity index is 3.10. The van der Waals surface area contributed by atoms with Gasteiger partial charge in [-0.2, -0.15) is 0 Å². The molecular formula is C14H17NO3. The zero-order valence-corrected chi connectivity index (χ0v) is 11.1. The molecule has 0 saturated heterocycles. The van der Waals surface area contributed by atoms with Gasteiger partial charge >= 0.3 is 5.97 Å². The SMILES string of the molecule is CC=C(C(=O)OC)N(C)c1cccc(C(C)=O)c1. The van der Waals surface area contributed by atoms with Crippen LogP contribution in [-0.4, -0.2) is 25.9 Å². The van der Waals surface area contributed by atoms with Crippen molar-refractivity contribution < 1.29 is 14.3 Å². The fraction of sp³-hybridized carbons (Fsp3) is 0.286. The molecule has 0 bridgehead atoms. The monoisotopic (exact) mass is 247 g/mol. The van der Waals surface area contributed by atoms with E-state index < -0.39 is 5.97 Å². The number of ether oxygens (including phenoxy) is 1. The molecule has 0 saturated carbocycles. The molecule has 18 heavy (non-hydrogen) atoms. The Morgan fingerprint density at radius 2 is 2.00 bits per heavy atom. The van der Waals surface area contributed by atoms with Crippen LogP contribution in [0.15, 0.2) is 36.0 Å². The van der Waals surface area contributed by atoms with Gasteiger partial charge in [0.25, 0.3) is 0 Å². The van der Waals surface area contributed by atoms with Crippen molar-refractivity contribution in [3.8, 4) is 0 Å². The van der Waals surface area contributed by atoms with Gasteiger partial charge in [-0.25, -0.2) is 4.79 Å². The number of Topliss-reactive ketones (excluding diaryl/α,β-unsaturated/α-hetero) is 1. The summed E-state index contributed by atoms with van der Waals surface area (Å²) < 4.78 is 4.71. The van der Waals surface area contributed by atoms with Crippen molar-refractivity contribution in [1.82, 2.24) is 0 Å². The maximum atomic E-state index is 11.6. The zero-order chi connectivity index (χ0) is 13.7. The van der Waals surface area contributed by atoms with Crippen LogP contribution in [0.2, 0.25) is 0 Å². The molecule has 0 aromatic heterocycles. The minimum Gasteiger partial charge on any atom is -0.464 e. The fourth-order valence-corrected chi connectivity index (χ4v) is 1.63. The number of carbonyl (C=O) groups excluding carboxylic acids is 2. The highest BCUT2D eigenvalue weighted by molar-refractivity contribution is 5.96. The molecule has 4 heteroatoms. The molecule has 1 aromatic carbocycles. The van der Waals surface area contributed by atoms with E-state index in [1.54, 1.807) is 43.1 Å². The first-order chi connectivity index (χ1) is 8.51. The average Bonchev–Trinajstić information content (AvgIpc) is 2.39. The van der Waals surface area contributed by atoms with Crippen LogP contribution in [0.4, 0.5) is 5.69 Å². The third kappa shape index (κ3) is 2.97. The van der Waals surface area contributed by atoms with Crippen LogP contribution in [-0.2, 0) is 9.53 Å². The molecule has 4 nitrogen and oxygen atoms in total. The van der Waals surface area contributed by atoms with E-state index in [-0.39, 0.29) is 5.78 Å². The van der Waals surface area contributed by atoms with Gasteiger partial charge in [-0.1, -0.05) is 18.2 Å². The van der Waals surface area contributed by atoms with Crippen LogP contribution in [0.3, 0.4) is 0 Å². The highest BCUT2D eigenvalue weighted by Gasteiger charge is 2.15. The number of hydrogen-bond donors (Lipinski definition) is 0. The molecule has 0 N–H and O–H groups in total. The van der Waals surface area contributed by atoms with E-state index in [2.05, 4.69) is 0 Å². The van der Waals surface area contributed by atoms with Crippen molar-refractivity contribution in [2.75, 3.05) is 19.1 Å². The molecule has 0 spiro atoms. The summed E-state index contributed by atoms with van der Waals surface area (Å²) in [5, 5.41) is 0. The maximum absolute atomic E-state index is 11.6. The number of benzene rings is 1. The average molecular weight is 247 g/mol. The number of ketones is 1. The minimum atomic E-state index is -0.409. The van der Waals surface area contributed by atoms with Crippen molar-refractivity contribution in [2.45, 2.75) is 13.8 Å². The van der Waals surface area contributed by atoms with E-state index in [9.17, 15) is 9.59 Å². The molecule has 0 unspecified atom stereocenters. The second kappa shape index (κ2) is 6.00. The standard InChI is InChI=1S/C14H17NO3/c1-5-13(14(17)18-4)15(3)12-8-6-7-11(9-12)10(2)16/h5-9H,1-4H3. The number of esters is 1. The lowest BCUT2D eigenvalue weighted by Crippen LogP contribution is -2.24. The van der Waals surface area contributed by atoms with Gasteiger partial charge in [0, 0.05) is 18.3 Å². The first-order valence-electron chi connectivity index (χ1n) is 5.60. The first-order valence-corrected chi connectivity index (χ1v) is 5.60. The fourth-order valence-electron chi connectivity index (χ4n) is 1.63. The van der Waals surface area contributed by atoms with Crippen molar-refractivity contribution in [3.63, 3.8) is 0 Å². The summed E-state index contributed by atoms with van der Waals surface area (Å²) in [6.45, 7) is 3.27. The van der Waals surface area contributed by atoms with Crippen molar-refractivity contribution in [3.05, 3.63) is 41.6 Å². The lowest BCUT2D eigenvalue weighted by Gasteiger charge is -2.21. The number of nitrogens with zero attached hydrogens (tertiary/aromatic N) is 1. The Morgan fingerprint density at radius 3 is 2.50 bits per heavy atom. The van der Waals surface area contributed by atoms with E-state index >= 15 is 0 Å². The van der Waals surface area contributed by atoms with Gasteiger partial charge in [0.2, 0.25) is 0 Å². The van der Waals surface area contributed by atoms with Gasteiger partial charge in [0.15, 0.2) is 5.78 Å². The van der Waals surface area contributed by atoms with Gasteiger partial charge in [-0.15, -0.1) is 0 Å². The summed E-state index contributed by atoms with van der Waals surface area (Å²) in [6, 6.07) is 7.11. The third-order valence-electron chi connectivity index (χ3n) is 2.67.